The van der Waals surface area contributed by atoms with Gasteiger partial charge in [0, 0.05) is 22.9 Å². The van der Waals surface area contributed by atoms with Gasteiger partial charge in [-0.2, -0.15) is 0 Å². The predicted molar refractivity (Wildman–Crippen MR) is 80.1 cm³/mol. The van der Waals surface area contributed by atoms with Crippen LogP contribution in [0.4, 0.5) is 0 Å². The van der Waals surface area contributed by atoms with Crippen LogP contribution in [0.1, 0.15) is 43.2 Å². The molecule has 20 heavy (non-hydrogen) atoms. The molecule has 0 bridgehead atoms. The molecule has 1 aliphatic carbocycles. The Bertz CT molecular complexity index is 533. The summed E-state index contributed by atoms with van der Waals surface area (Å²) in [6.45, 7) is 0.678. The van der Waals surface area contributed by atoms with Crippen LogP contribution in [-0.4, -0.2) is 23.1 Å². The summed E-state index contributed by atoms with van der Waals surface area (Å²) >= 11 is 3.49. The molecule has 2 aliphatic rings. The molecule has 4 heteroatoms. The molecule has 0 atom stereocenters. The Morgan fingerprint density at radius 2 is 2.05 bits per heavy atom. The van der Waals surface area contributed by atoms with Crippen LogP contribution in [0.25, 0.3) is 0 Å². The number of ketones is 1. The van der Waals surface area contributed by atoms with Gasteiger partial charge >= 0.3 is 0 Å². The van der Waals surface area contributed by atoms with E-state index in [0.29, 0.717) is 19.4 Å². The number of hydrogen-bond acceptors (Lipinski definition) is 3. The van der Waals surface area contributed by atoms with Gasteiger partial charge in [-0.05, 0) is 30.5 Å². The molecule has 3 nitrogen and oxygen atoms in total. The number of benzene rings is 1. The fourth-order valence-corrected chi connectivity index (χ4v) is 3.78. The first-order valence-corrected chi connectivity index (χ1v) is 8.07. The third kappa shape index (κ3) is 2.63. The van der Waals surface area contributed by atoms with Gasteiger partial charge < -0.3 is 9.84 Å². The van der Waals surface area contributed by atoms with Crippen molar-refractivity contribution in [3.63, 3.8) is 0 Å². The van der Waals surface area contributed by atoms with Crippen molar-refractivity contribution in [2.75, 3.05) is 6.61 Å². The van der Waals surface area contributed by atoms with Crippen molar-refractivity contribution in [3.05, 3.63) is 27.7 Å². The van der Waals surface area contributed by atoms with Crippen LogP contribution in [0.5, 0.6) is 5.75 Å². The molecular formula is C16H19BrO3. The molecule has 1 fully saturated rings. The molecule has 1 aromatic carbocycles. The maximum atomic E-state index is 12.5. The lowest BCUT2D eigenvalue weighted by molar-refractivity contribution is -0.139. The van der Waals surface area contributed by atoms with Crippen LogP contribution in [0, 0.1) is 0 Å². The minimum atomic E-state index is -1.12. The standard InChI is InChI=1S/C16H19BrO3/c17-13-8-11-4-7-20-15(11)12(9-13)10-14(18)16(19)5-2-1-3-6-16/h8-9,19H,1-7,10H2. The molecule has 1 saturated carbocycles. The number of halogens is 1. The van der Waals surface area contributed by atoms with Gasteiger partial charge in [0.05, 0.1) is 6.61 Å². The highest BCUT2D eigenvalue weighted by atomic mass is 79.9. The smallest absolute Gasteiger partial charge is 0.168 e. The van der Waals surface area contributed by atoms with E-state index in [4.69, 9.17) is 4.74 Å². The predicted octanol–water partition coefficient (Wildman–Crippen LogP) is 3.19. The van der Waals surface area contributed by atoms with Gasteiger partial charge in [0.2, 0.25) is 0 Å². The minimum Gasteiger partial charge on any atom is -0.493 e. The molecular weight excluding hydrogens is 320 g/mol. The Morgan fingerprint density at radius 1 is 1.30 bits per heavy atom. The van der Waals surface area contributed by atoms with Crippen LogP contribution in [0.15, 0.2) is 16.6 Å². The summed E-state index contributed by atoms with van der Waals surface area (Å²) in [5.41, 5.74) is 0.931. The third-order valence-electron chi connectivity index (χ3n) is 4.38. The van der Waals surface area contributed by atoms with E-state index in [0.717, 1.165) is 47.0 Å². The van der Waals surface area contributed by atoms with Gasteiger partial charge in [-0.15, -0.1) is 0 Å². The summed E-state index contributed by atoms with van der Waals surface area (Å²) in [6.07, 6.45) is 5.35. The van der Waals surface area contributed by atoms with Crippen molar-refractivity contribution < 1.29 is 14.6 Å². The summed E-state index contributed by atoms with van der Waals surface area (Å²) < 4.78 is 6.62. The molecule has 3 rings (SSSR count). The van der Waals surface area contributed by atoms with E-state index in [1.807, 2.05) is 12.1 Å². The molecule has 0 spiro atoms. The van der Waals surface area contributed by atoms with E-state index in [1.165, 1.54) is 0 Å². The SMILES string of the molecule is O=C(Cc1cc(Br)cc2c1OCC2)C1(O)CCCCC1. The highest BCUT2D eigenvalue weighted by Gasteiger charge is 2.37. The molecule has 0 unspecified atom stereocenters. The van der Waals surface area contributed by atoms with E-state index in [-0.39, 0.29) is 12.2 Å². The Kier molecular flexibility index (Phi) is 3.87. The van der Waals surface area contributed by atoms with Crippen LogP contribution in [-0.2, 0) is 17.6 Å². The maximum absolute atomic E-state index is 12.5. The Hall–Kier alpha value is -0.870. The third-order valence-corrected chi connectivity index (χ3v) is 4.83. The lowest BCUT2D eigenvalue weighted by Crippen LogP contribution is -2.41. The number of carbonyl (C=O) groups excluding carboxylic acids is 1. The summed E-state index contributed by atoms with van der Waals surface area (Å²) in [6, 6.07) is 3.99. The van der Waals surface area contributed by atoms with Crippen molar-refractivity contribution in [2.45, 2.75) is 50.5 Å². The number of rotatable bonds is 3. The second-order valence-corrected chi connectivity index (χ2v) is 6.76. The van der Waals surface area contributed by atoms with E-state index in [1.54, 1.807) is 0 Å². The number of ether oxygens (including phenoxy) is 1. The molecule has 0 amide bonds. The molecule has 0 radical (unpaired) electrons. The largest absolute Gasteiger partial charge is 0.493 e. The Balaban J connectivity index is 1.83. The van der Waals surface area contributed by atoms with Crippen LogP contribution >= 0.6 is 15.9 Å². The number of Topliss-reactive ketones (excluding diaryl/α,β-unsaturated/α-hetero) is 1. The summed E-state index contributed by atoms with van der Waals surface area (Å²) in [5.74, 6) is 0.786. The number of aliphatic hydroxyl groups is 1. The molecule has 1 aliphatic heterocycles. The topological polar surface area (TPSA) is 46.5 Å². The van der Waals surface area contributed by atoms with E-state index >= 15 is 0 Å². The van der Waals surface area contributed by atoms with Gasteiger partial charge in [0.1, 0.15) is 11.4 Å². The first-order valence-electron chi connectivity index (χ1n) is 7.28. The van der Waals surface area contributed by atoms with E-state index in [9.17, 15) is 9.90 Å². The van der Waals surface area contributed by atoms with Gasteiger partial charge in [-0.3, -0.25) is 4.79 Å². The zero-order chi connectivity index (χ0) is 14.2. The first-order chi connectivity index (χ1) is 9.58. The molecule has 1 N–H and O–H groups in total. The average molecular weight is 339 g/mol. The quantitative estimate of drug-likeness (QED) is 0.920. The number of carbonyl (C=O) groups is 1. The van der Waals surface area contributed by atoms with Crippen LogP contribution < -0.4 is 4.74 Å². The van der Waals surface area contributed by atoms with Crippen molar-refractivity contribution in [1.29, 1.82) is 0 Å². The summed E-state index contributed by atoms with van der Waals surface area (Å²) in [4.78, 5) is 12.5. The lowest BCUT2D eigenvalue weighted by Gasteiger charge is -2.30. The second kappa shape index (κ2) is 5.49. The van der Waals surface area contributed by atoms with Gasteiger partial charge in [-0.1, -0.05) is 35.2 Å². The van der Waals surface area contributed by atoms with Crippen LogP contribution in [0.2, 0.25) is 0 Å². The fraction of sp³-hybridized carbons (Fsp3) is 0.562. The molecule has 1 aromatic rings. The minimum absolute atomic E-state index is 0.0620. The highest BCUT2D eigenvalue weighted by Crippen LogP contribution is 2.35. The number of hydrogen-bond donors (Lipinski definition) is 1. The molecule has 1 heterocycles. The van der Waals surface area contributed by atoms with Gasteiger partial charge in [0.25, 0.3) is 0 Å². The average Bonchev–Trinajstić information content (AvgIpc) is 2.87. The Morgan fingerprint density at radius 3 is 2.80 bits per heavy atom. The monoisotopic (exact) mass is 338 g/mol. The number of fused-ring (bicyclic) bond motifs is 1. The van der Waals surface area contributed by atoms with Crippen molar-refractivity contribution in [2.24, 2.45) is 0 Å². The second-order valence-electron chi connectivity index (χ2n) is 5.84. The van der Waals surface area contributed by atoms with Crippen molar-refractivity contribution in [1.82, 2.24) is 0 Å². The van der Waals surface area contributed by atoms with Crippen molar-refractivity contribution in [3.8, 4) is 5.75 Å². The lowest BCUT2D eigenvalue weighted by atomic mass is 9.80. The normalized spacial score (nSPS) is 20.3. The zero-order valence-electron chi connectivity index (χ0n) is 11.5. The molecule has 108 valence electrons. The maximum Gasteiger partial charge on any atom is 0.168 e. The fourth-order valence-electron chi connectivity index (χ4n) is 3.23. The van der Waals surface area contributed by atoms with Crippen LogP contribution in [0.3, 0.4) is 0 Å². The van der Waals surface area contributed by atoms with Crippen molar-refractivity contribution >= 4 is 21.7 Å². The highest BCUT2D eigenvalue weighted by molar-refractivity contribution is 9.10. The Labute approximate surface area is 127 Å². The summed E-state index contributed by atoms with van der Waals surface area (Å²) in [7, 11) is 0. The first kappa shape index (κ1) is 14.1. The molecule has 0 saturated heterocycles. The van der Waals surface area contributed by atoms with Gasteiger partial charge in [0.15, 0.2) is 5.78 Å². The summed E-state index contributed by atoms with van der Waals surface area (Å²) in [5, 5.41) is 10.5. The van der Waals surface area contributed by atoms with E-state index in [2.05, 4.69) is 15.9 Å². The van der Waals surface area contributed by atoms with Gasteiger partial charge in [-0.25, -0.2) is 0 Å². The van der Waals surface area contributed by atoms with E-state index < -0.39 is 5.60 Å². The molecule has 0 aromatic heterocycles. The zero-order valence-corrected chi connectivity index (χ0v) is 13.0.